The van der Waals surface area contributed by atoms with Crippen molar-refractivity contribution < 1.29 is 19.0 Å². The number of hydrogen-bond acceptors (Lipinski definition) is 7. The molecule has 2 aliphatic carbocycles. The van der Waals surface area contributed by atoms with Crippen LogP contribution in [0.5, 0.6) is 11.5 Å². The number of rotatable bonds is 9. The number of likely N-dealkylation sites (tertiary alicyclic amines) is 1. The molecule has 0 atom stereocenters. The summed E-state index contributed by atoms with van der Waals surface area (Å²) in [6.45, 7) is 11.1. The minimum absolute atomic E-state index is 0.128. The van der Waals surface area contributed by atoms with E-state index in [0.717, 1.165) is 88.3 Å². The van der Waals surface area contributed by atoms with E-state index in [0.29, 0.717) is 28.9 Å². The van der Waals surface area contributed by atoms with Crippen LogP contribution in [0.4, 0.5) is 15.0 Å². The Balaban J connectivity index is 0.932. The molecule has 0 bridgehead atoms. The Morgan fingerprint density at radius 3 is 2.48 bits per heavy atom. The average Bonchev–Trinajstić information content (AvgIpc) is 3.83. The summed E-state index contributed by atoms with van der Waals surface area (Å²) in [7, 11) is 0. The summed E-state index contributed by atoms with van der Waals surface area (Å²) in [6.07, 6.45) is 11.8. The van der Waals surface area contributed by atoms with Crippen LogP contribution in [-0.4, -0.2) is 80.3 Å². The normalized spacial score (nSPS) is 22.7. The number of anilines is 1. The fourth-order valence-electron chi connectivity index (χ4n) is 8.09. The lowest BCUT2D eigenvalue weighted by Gasteiger charge is -2.61. The largest absolute Gasteiger partial charge is 0.465 e. The second kappa shape index (κ2) is 12.1. The molecule has 2 aliphatic heterocycles. The van der Waals surface area contributed by atoms with Crippen LogP contribution < -0.4 is 9.64 Å². The molecule has 0 unspecified atom stereocenters. The highest BCUT2D eigenvalue weighted by Crippen LogP contribution is 2.47. The van der Waals surface area contributed by atoms with E-state index in [9.17, 15) is 14.3 Å². The van der Waals surface area contributed by atoms with Crippen molar-refractivity contribution in [3.05, 3.63) is 60.6 Å². The van der Waals surface area contributed by atoms with Crippen LogP contribution in [-0.2, 0) is 0 Å². The van der Waals surface area contributed by atoms with E-state index < -0.39 is 6.09 Å². The number of carbonyl (C=O) groups is 1. The molecule has 2 saturated heterocycles. The number of benzene rings is 1. The molecule has 46 heavy (non-hydrogen) atoms. The topological polar surface area (TPSA) is 94.9 Å². The zero-order chi connectivity index (χ0) is 32.1. The lowest BCUT2D eigenvalue weighted by Crippen LogP contribution is -2.72. The number of pyridine rings is 1. The molecule has 3 aromatic rings. The van der Waals surface area contributed by atoms with Crippen molar-refractivity contribution in [2.24, 2.45) is 11.3 Å². The molecule has 1 aromatic carbocycles. The molecule has 1 amide bonds. The first-order chi connectivity index (χ1) is 22.1. The van der Waals surface area contributed by atoms with Crippen LogP contribution >= 0.6 is 0 Å². The fraction of sp³-hybridized carbons (Fsp3) is 0.556. The molecule has 2 aromatic heterocycles. The zero-order valence-corrected chi connectivity index (χ0v) is 27.2. The molecule has 4 heterocycles. The summed E-state index contributed by atoms with van der Waals surface area (Å²) in [5.74, 6) is 2.69. The molecule has 244 valence electrons. The van der Waals surface area contributed by atoms with Gasteiger partial charge < -0.3 is 24.5 Å². The van der Waals surface area contributed by atoms with Crippen LogP contribution in [0.1, 0.15) is 77.3 Å². The van der Waals surface area contributed by atoms with Gasteiger partial charge in [0.15, 0.2) is 11.6 Å². The van der Waals surface area contributed by atoms with Crippen molar-refractivity contribution in [3.8, 4) is 22.6 Å². The summed E-state index contributed by atoms with van der Waals surface area (Å²) in [4.78, 5) is 31.9. The van der Waals surface area contributed by atoms with Crippen LogP contribution in [0, 0.1) is 17.2 Å². The molecule has 9 nitrogen and oxygen atoms in total. The number of amides is 1. The maximum Gasteiger partial charge on any atom is 0.407 e. The van der Waals surface area contributed by atoms with Crippen molar-refractivity contribution in [2.45, 2.75) is 83.2 Å². The predicted octanol–water partition coefficient (Wildman–Crippen LogP) is 7.20. The van der Waals surface area contributed by atoms with Crippen molar-refractivity contribution in [2.75, 3.05) is 37.6 Å². The predicted molar refractivity (Wildman–Crippen MR) is 175 cm³/mol. The molecule has 4 aliphatic rings. The van der Waals surface area contributed by atoms with Gasteiger partial charge in [-0.2, -0.15) is 0 Å². The Bertz CT molecular complexity index is 1570. The Labute approximate surface area is 270 Å². The molecule has 0 radical (unpaired) electrons. The number of hydrogen-bond donors (Lipinski definition) is 1. The third-order valence-corrected chi connectivity index (χ3v) is 10.3. The van der Waals surface area contributed by atoms with E-state index >= 15 is 0 Å². The molecule has 1 spiro atoms. The van der Waals surface area contributed by atoms with Crippen LogP contribution in [0.15, 0.2) is 49.1 Å². The lowest BCUT2D eigenvalue weighted by molar-refractivity contribution is -0.0266. The molecular weight excluding hydrogens is 583 g/mol. The number of halogens is 1. The van der Waals surface area contributed by atoms with Gasteiger partial charge in [-0.05, 0) is 102 Å². The van der Waals surface area contributed by atoms with Gasteiger partial charge in [-0.1, -0.05) is 6.07 Å². The van der Waals surface area contributed by atoms with Crippen molar-refractivity contribution in [3.63, 3.8) is 0 Å². The molecular formula is C36H45FN6O3. The van der Waals surface area contributed by atoms with Gasteiger partial charge >= 0.3 is 6.09 Å². The van der Waals surface area contributed by atoms with Gasteiger partial charge in [0.1, 0.15) is 17.9 Å². The summed E-state index contributed by atoms with van der Waals surface area (Å²) in [5, 5.41) is 9.77. The van der Waals surface area contributed by atoms with E-state index in [4.69, 9.17) is 4.74 Å². The highest BCUT2D eigenvalue weighted by molar-refractivity contribution is 5.74. The first-order valence-electron chi connectivity index (χ1n) is 16.8. The molecule has 1 N–H and O–H groups in total. The number of nitrogens with zero attached hydrogens (tertiary/aromatic N) is 6. The summed E-state index contributed by atoms with van der Waals surface area (Å²) in [6, 6.07) is 8.66. The first kappa shape index (κ1) is 30.8. The van der Waals surface area contributed by atoms with Crippen molar-refractivity contribution in [1.29, 1.82) is 0 Å². The summed E-state index contributed by atoms with van der Waals surface area (Å²) < 4.78 is 20.9. The van der Waals surface area contributed by atoms with Crippen molar-refractivity contribution in [1.82, 2.24) is 24.8 Å². The summed E-state index contributed by atoms with van der Waals surface area (Å²) >= 11 is 0. The first-order valence-corrected chi connectivity index (χ1v) is 16.8. The van der Waals surface area contributed by atoms with Gasteiger partial charge in [-0.25, -0.2) is 19.2 Å². The maximum absolute atomic E-state index is 14.5. The van der Waals surface area contributed by atoms with Gasteiger partial charge in [0.25, 0.3) is 0 Å². The SMILES string of the molecule is CC(C)(C)N(C(=O)O)C1CCC(CCN2CC3(C2)CN(c2ncncc2Oc2ccc(F)cc2-c2cccnc2C2CC2)C3)CC1. The maximum atomic E-state index is 14.5. The van der Waals surface area contributed by atoms with Crippen LogP contribution in [0.2, 0.25) is 0 Å². The quantitative estimate of drug-likeness (QED) is 0.266. The zero-order valence-electron chi connectivity index (χ0n) is 27.2. The minimum Gasteiger partial charge on any atom is -0.465 e. The average molecular weight is 629 g/mol. The second-order valence-electron chi connectivity index (χ2n) is 15.0. The van der Waals surface area contributed by atoms with E-state index in [-0.39, 0.29) is 22.8 Å². The van der Waals surface area contributed by atoms with Gasteiger partial charge in [-0.3, -0.25) is 4.98 Å². The molecule has 7 rings (SSSR count). The third kappa shape index (κ3) is 6.28. The summed E-state index contributed by atoms with van der Waals surface area (Å²) in [5.41, 5.74) is 2.52. The van der Waals surface area contributed by atoms with Gasteiger partial charge in [0.05, 0.1) is 11.9 Å². The molecule has 10 heteroatoms. The van der Waals surface area contributed by atoms with Crippen LogP contribution in [0.3, 0.4) is 0 Å². The van der Waals surface area contributed by atoms with Gasteiger partial charge in [0, 0.05) is 66.4 Å². The Morgan fingerprint density at radius 1 is 1.02 bits per heavy atom. The second-order valence-corrected chi connectivity index (χ2v) is 15.0. The lowest BCUT2D eigenvalue weighted by atomic mass is 9.72. The monoisotopic (exact) mass is 628 g/mol. The highest BCUT2D eigenvalue weighted by atomic mass is 19.1. The smallest absolute Gasteiger partial charge is 0.407 e. The Morgan fingerprint density at radius 2 is 1.78 bits per heavy atom. The fourth-order valence-corrected chi connectivity index (χ4v) is 8.09. The van der Waals surface area contributed by atoms with Crippen LogP contribution in [0.25, 0.3) is 11.1 Å². The van der Waals surface area contributed by atoms with Crippen molar-refractivity contribution >= 4 is 11.9 Å². The third-order valence-electron chi connectivity index (χ3n) is 10.3. The number of ether oxygens (including phenoxy) is 1. The number of aromatic nitrogens is 3. The molecule has 4 fully saturated rings. The Kier molecular flexibility index (Phi) is 8.11. The van der Waals surface area contributed by atoms with E-state index in [1.807, 2.05) is 32.9 Å². The number of carboxylic acid groups (broad SMARTS) is 1. The standard InChI is InChI=1S/C36H45FN6O3/c1-35(2,3)43(34(44)45)27-11-6-24(7-12-27)14-16-41-19-36(20-41)21-42(22-36)33-31(18-38-23-40-33)46-30-13-10-26(37)17-29(30)28-5-4-15-39-32(28)25-8-9-25/h4-5,10,13,15,17-18,23-25,27H,6-9,11-12,14,16,19-22H2,1-3H3,(H,44,45). The van der Waals surface area contributed by atoms with Gasteiger partial charge in [-0.15, -0.1) is 0 Å². The van der Waals surface area contributed by atoms with E-state index in [1.54, 1.807) is 29.7 Å². The Hall–Kier alpha value is -3.79. The van der Waals surface area contributed by atoms with E-state index in [1.165, 1.54) is 18.6 Å². The molecule has 2 saturated carbocycles. The minimum atomic E-state index is -0.801. The highest BCUT2D eigenvalue weighted by Gasteiger charge is 2.52. The van der Waals surface area contributed by atoms with Gasteiger partial charge in [0.2, 0.25) is 0 Å². The van der Waals surface area contributed by atoms with E-state index in [2.05, 4.69) is 24.8 Å².